The zero-order valence-corrected chi connectivity index (χ0v) is 7.75. The van der Waals surface area contributed by atoms with Crippen molar-refractivity contribution in [3.05, 3.63) is 39.9 Å². The van der Waals surface area contributed by atoms with Gasteiger partial charge in [0.15, 0.2) is 0 Å². The summed E-state index contributed by atoms with van der Waals surface area (Å²) >= 11 is 0. The Kier molecular flexibility index (Phi) is 3.16. The van der Waals surface area contributed by atoms with Gasteiger partial charge >= 0.3 is 0 Å². The van der Waals surface area contributed by atoms with Crippen molar-refractivity contribution < 1.29 is 10.0 Å². The zero-order chi connectivity index (χ0) is 10.7. The van der Waals surface area contributed by atoms with E-state index < -0.39 is 17.1 Å². The Hall–Kier alpha value is -1.46. The molecule has 0 aromatic heterocycles. The van der Waals surface area contributed by atoms with Crippen LogP contribution < -0.4 is 5.73 Å². The molecular weight excluding hydrogens is 184 g/mol. The van der Waals surface area contributed by atoms with Crippen molar-refractivity contribution in [3.63, 3.8) is 0 Å². The lowest BCUT2D eigenvalue weighted by Crippen LogP contribution is -2.23. The van der Waals surface area contributed by atoms with Crippen LogP contribution in [0.4, 0.5) is 5.69 Å². The van der Waals surface area contributed by atoms with Gasteiger partial charge in [-0.3, -0.25) is 10.1 Å². The zero-order valence-electron chi connectivity index (χ0n) is 7.75. The minimum atomic E-state index is -0.809. The molecule has 0 aliphatic heterocycles. The van der Waals surface area contributed by atoms with Crippen LogP contribution in [-0.2, 0) is 0 Å². The monoisotopic (exact) mass is 196 g/mol. The second-order valence-electron chi connectivity index (χ2n) is 3.08. The smallest absolute Gasteiger partial charge is 0.274 e. The molecule has 0 aliphatic carbocycles. The molecule has 0 aliphatic rings. The molecule has 0 fully saturated rings. The number of para-hydroxylation sites is 1. The Bertz CT molecular complexity index is 339. The molecule has 0 bridgehead atoms. The van der Waals surface area contributed by atoms with Gasteiger partial charge in [-0.1, -0.05) is 18.2 Å². The average molecular weight is 196 g/mol. The fourth-order valence-electron chi connectivity index (χ4n) is 1.20. The topological polar surface area (TPSA) is 89.4 Å². The van der Waals surface area contributed by atoms with Gasteiger partial charge in [0.25, 0.3) is 5.69 Å². The molecule has 5 nitrogen and oxygen atoms in total. The van der Waals surface area contributed by atoms with Crippen LogP contribution in [0.15, 0.2) is 24.3 Å². The van der Waals surface area contributed by atoms with Crippen molar-refractivity contribution >= 4 is 5.69 Å². The van der Waals surface area contributed by atoms with Crippen molar-refractivity contribution in [2.24, 2.45) is 5.73 Å². The lowest BCUT2D eigenvalue weighted by atomic mass is 10.0. The van der Waals surface area contributed by atoms with Crippen LogP contribution in [0.1, 0.15) is 18.5 Å². The van der Waals surface area contributed by atoms with Crippen molar-refractivity contribution in [3.8, 4) is 0 Å². The molecule has 3 N–H and O–H groups in total. The Balaban J connectivity index is 3.13. The third kappa shape index (κ3) is 2.07. The predicted molar refractivity (Wildman–Crippen MR) is 51.7 cm³/mol. The predicted octanol–water partition coefficient (Wildman–Crippen LogP) is 0.975. The van der Waals surface area contributed by atoms with Crippen LogP contribution in [-0.4, -0.2) is 16.1 Å². The van der Waals surface area contributed by atoms with Gasteiger partial charge in [0.05, 0.1) is 17.1 Å². The fourth-order valence-corrected chi connectivity index (χ4v) is 1.20. The molecule has 14 heavy (non-hydrogen) atoms. The summed E-state index contributed by atoms with van der Waals surface area (Å²) in [4.78, 5) is 10.1. The number of nitro benzene ring substituents is 1. The largest absolute Gasteiger partial charge is 0.391 e. The highest BCUT2D eigenvalue weighted by atomic mass is 16.6. The molecule has 1 aromatic rings. The highest BCUT2D eigenvalue weighted by Crippen LogP contribution is 2.24. The molecule has 0 saturated heterocycles. The molecule has 2 atom stereocenters. The standard InChI is InChI=1S/C9H12N2O3/c1-6(12)9(10)7-4-2-3-5-8(7)11(13)14/h2-6,9,12H,10H2,1H3. The van der Waals surface area contributed by atoms with Crippen molar-refractivity contribution in [2.75, 3.05) is 0 Å². The first kappa shape index (κ1) is 10.6. The van der Waals surface area contributed by atoms with E-state index in [1.54, 1.807) is 18.2 Å². The maximum Gasteiger partial charge on any atom is 0.274 e. The Labute approximate surface area is 81.3 Å². The number of rotatable bonds is 3. The summed E-state index contributed by atoms with van der Waals surface area (Å²) in [6, 6.07) is 5.42. The Morgan fingerprint density at radius 1 is 1.50 bits per heavy atom. The van der Waals surface area contributed by atoms with E-state index >= 15 is 0 Å². The van der Waals surface area contributed by atoms with Crippen LogP contribution in [0.25, 0.3) is 0 Å². The molecule has 0 radical (unpaired) electrons. The van der Waals surface area contributed by atoms with Gasteiger partial charge in [-0.05, 0) is 6.92 Å². The molecule has 2 unspecified atom stereocenters. The summed E-state index contributed by atoms with van der Waals surface area (Å²) in [5, 5.41) is 19.9. The number of aliphatic hydroxyl groups excluding tert-OH is 1. The van der Waals surface area contributed by atoms with Crippen molar-refractivity contribution in [2.45, 2.75) is 19.1 Å². The fraction of sp³-hybridized carbons (Fsp3) is 0.333. The lowest BCUT2D eigenvalue weighted by molar-refractivity contribution is -0.385. The highest BCUT2D eigenvalue weighted by molar-refractivity contribution is 5.42. The maximum atomic E-state index is 10.6. The second kappa shape index (κ2) is 4.17. The highest BCUT2D eigenvalue weighted by Gasteiger charge is 2.21. The van der Waals surface area contributed by atoms with Gasteiger partial charge in [0, 0.05) is 11.6 Å². The van der Waals surface area contributed by atoms with E-state index in [-0.39, 0.29) is 5.69 Å². The third-order valence-electron chi connectivity index (χ3n) is 2.01. The van der Waals surface area contributed by atoms with Crippen LogP contribution in [0.5, 0.6) is 0 Å². The van der Waals surface area contributed by atoms with E-state index in [0.717, 1.165) is 0 Å². The molecule has 76 valence electrons. The van der Waals surface area contributed by atoms with Gasteiger partial charge < -0.3 is 10.8 Å². The molecular formula is C9H12N2O3. The first-order valence-corrected chi connectivity index (χ1v) is 4.21. The molecule has 5 heteroatoms. The summed E-state index contributed by atoms with van der Waals surface area (Å²) in [7, 11) is 0. The molecule has 0 amide bonds. The van der Waals surface area contributed by atoms with E-state index in [1.807, 2.05) is 0 Å². The number of nitrogens with two attached hydrogens (primary N) is 1. The number of nitro groups is 1. The van der Waals surface area contributed by atoms with Crippen LogP contribution in [0, 0.1) is 10.1 Å². The van der Waals surface area contributed by atoms with Crippen LogP contribution in [0.2, 0.25) is 0 Å². The third-order valence-corrected chi connectivity index (χ3v) is 2.01. The Morgan fingerprint density at radius 2 is 2.07 bits per heavy atom. The summed E-state index contributed by atoms with van der Waals surface area (Å²) < 4.78 is 0. The first-order valence-electron chi connectivity index (χ1n) is 4.21. The summed E-state index contributed by atoms with van der Waals surface area (Å²) in [6.07, 6.45) is -0.809. The van der Waals surface area contributed by atoms with Gasteiger partial charge in [0.1, 0.15) is 0 Å². The van der Waals surface area contributed by atoms with Gasteiger partial charge in [-0.25, -0.2) is 0 Å². The summed E-state index contributed by atoms with van der Waals surface area (Å²) in [6.45, 7) is 1.50. The molecule has 0 heterocycles. The number of aliphatic hydroxyl groups is 1. The molecule has 0 saturated carbocycles. The van der Waals surface area contributed by atoms with Crippen LogP contribution in [0.3, 0.4) is 0 Å². The molecule has 1 rings (SSSR count). The number of benzene rings is 1. The lowest BCUT2D eigenvalue weighted by Gasteiger charge is -2.14. The number of hydrogen-bond acceptors (Lipinski definition) is 4. The summed E-state index contributed by atoms with van der Waals surface area (Å²) in [5.74, 6) is 0. The SMILES string of the molecule is CC(O)C(N)c1ccccc1[N+](=O)[O-]. The van der Waals surface area contributed by atoms with E-state index in [1.165, 1.54) is 13.0 Å². The van der Waals surface area contributed by atoms with Crippen molar-refractivity contribution in [1.29, 1.82) is 0 Å². The van der Waals surface area contributed by atoms with E-state index in [2.05, 4.69) is 0 Å². The van der Waals surface area contributed by atoms with Crippen molar-refractivity contribution in [1.82, 2.24) is 0 Å². The van der Waals surface area contributed by atoms with Gasteiger partial charge in [-0.15, -0.1) is 0 Å². The number of nitrogens with zero attached hydrogens (tertiary/aromatic N) is 1. The van der Waals surface area contributed by atoms with E-state index in [9.17, 15) is 15.2 Å². The van der Waals surface area contributed by atoms with Gasteiger partial charge in [0.2, 0.25) is 0 Å². The molecule has 1 aromatic carbocycles. The quantitative estimate of drug-likeness (QED) is 0.557. The van der Waals surface area contributed by atoms with Gasteiger partial charge in [-0.2, -0.15) is 0 Å². The molecule has 0 spiro atoms. The van der Waals surface area contributed by atoms with Crippen LogP contribution >= 0.6 is 0 Å². The minimum absolute atomic E-state index is 0.0547. The van der Waals surface area contributed by atoms with E-state index in [4.69, 9.17) is 5.73 Å². The average Bonchev–Trinajstić information content (AvgIpc) is 2.16. The normalized spacial score (nSPS) is 14.8. The Morgan fingerprint density at radius 3 is 2.57 bits per heavy atom. The summed E-state index contributed by atoms with van der Waals surface area (Å²) in [5.41, 5.74) is 5.92. The number of hydrogen-bond donors (Lipinski definition) is 2. The minimum Gasteiger partial charge on any atom is -0.391 e. The first-order chi connectivity index (χ1) is 6.54. The van der Waals surface area contributed by atoms with E-state index in [0.29, 0.717) is 5.56 Å². The second-order valence-corrected chi connectivity index (χ2v) is 3.08. The maximum absolute atomic E-state index is 10.6.